The number of nitriles is 1. The average molecular weight is 262 g/mol. The van der Waals surface area contributed by atoms with E-state index in [4.69, 9.17) is 5.26 Å². The number of hydrogen-bond donors (Lipinski definition) is 1. The molecule has 1 aromatic carbocycles. The summed E-state index contributed by atoms with van der Waals surface area (Å²) >= 11 is 0. The third kappa shape index (κ3) is 2.14. The predicted octanol–water partition coefficient (Wildman–Crippen LogP) is 3.64. The van der Waals surface area contributed by atoms with Crippen LogP contribution in [-0.4, -0.2) is 15.0 Å². The molecule has 0 aliphatic carbocycles. The van der Waals surface area contributed by atoms with E-state index in [1.54, 1.807) is 12.4 Å². The Bertz CT molecular complexity index is 768. The van der Waals surface area contributed by atoms with E-state index in [-0.39, 0.29) is 5.92 Å². The molecule has 2 aromatic heterocycles. The van der Waals surface area contributed by atoms with Gasteiger partial charge in [-0.05, 0) is 36.2 Å². The molecule has 0 saturated carbocycles. The zero-order chi connectivity index (χ0) is 13.9. The van der Waals surface area contributed by atoms with Crippen molar-refractivity contribution in [2.45, 2.75) is 19.3 Å². The second-order valence-corrected chi connectivity index (χ2v) is 4.69. The summed E-state index contributed by atoms with van der Waals surface area (Å²) < 4.78 is 0. The Morgan fingerprint density at radius 2 is 2.05 bits per heavy atom. The minimum absolute atomic E-state index is 0.0629. The van der Waals surface area contributed by atoms with Crippen LogP contribution in [0, 0.1) is 11.3 Å². The summed E-state index contributed by atoms with van der Waals surface area (Å²) in [5.41, 5.74) is 3.91. The lowest BCUT2D eigenvalue weighted by molar-refractivity contribution is 0.819. The molecular weight excluding hydrogens is 248 g/mol. The van der Waals surface area contributed by atoms with Crippen LogP contribution in [0.2, 0.25) is 0 Å². The number of rotatable bonds is 3. The summed E-state index contributed by atoms with van der Waals surface area (Å²) in [6.07, 6.45) is 4.31. The molecule has 0 spiro atoms. The molecule has 0 radical (unpaired) electrons. The first kappa shape index (κ1) is 12.4. The van der Waals surface area contributed by atoms with Crippen LogP contribution in [0.4, 0.5) is 0 Å². The normalized spacial score (nSPS) is 12.2. The molecule has 0 amide bonds. The molecule has 0 fully saturated rings. The molecule has 20 heavy (non-hydrogen) atoms. The van der Waals surface area contributed by atoms with Crippen molar-refractivity contribution in [1.82, 2.24) is 15.0 Å². The van der Waals surface area contributed by atoms with Gasteiger partial charge in [0.05, 0.1) is 23.0 Å². The zero-order valence-electron chi connectivity index (χ0n) is 11.2. The molecule has 4 heteroatoms. The lowest BCUT2D eigenvalue weighted by Crippen LogP contribution is -1.92. The maximum atomic E-state index is 9.15. The van der Waals surface area contributed by atoms with Gasteiger partial charge in [-0.2, -0.15) is 5.26 Å². The van der Waals surface area contributed by atoms with Gasteiger partial charge in [-0.15, -0.1) is 0 Å². The highest BCUT2D eigenvalue weighted by atomic mass is 14.9. The number of imidazole rings is 1. The summed E-state index contributed by atoms with van der Waals surface area (Å²) in [6, 6.07) is 12.1. The van der Waals surface area contributed by atoms with E-state index in [2.05, 4.69) is 21.0 Å². The van der Waals surface area contributed by atoms with Gasteiger partial charge < -0.3 is 4.98 Å². The SMILES string of the molecule is CCC(C#N)c1ccc2nc(-c3ccncc3)[nH]c2c1. The number of fused-ring (bicyclic) bond motifs is 1. The first-order valence-electron chi connectivity index (χ1n) is 6.61. The fourth-order valence-corrected chi connectivity index (χ4v) is 2.29. The van der Waals surface area contributed by atoms with Gasteiger partial charge in [-0.25, -0.2) is 4.98 Å². The van der Waals surface area contributed by atoms with Crippen LogP contribution < -0.4 is 0 Å². The van der Waals surface area contributed by atoms with Gasteiger partial charge >= 0.3 is 0 Å². The number of pyridine rings is 1. The fourth-order valence-electron chi connectivity index (χ4n) is 2.29. The lowest BCUT2D eigenvalue weighted by Gasteiger charge is -2.05. The summed E-state index contributed by atoms with van der Waals surface area (Å²) in [6.45, 7) is 2.02. The number of aromatic nitrogens is 3. The topological polar surface area (TPSA) is 65.4 Å². The van der Waals surface area contributed by atoms with E-state index in [1.165, 1.54) is 0 Å². The van der Waals surface area contributed by atoms with E-state index in [0.29, 0.717) is 0 Å². The Labute approximate surface area is 117 Å². The van der Waals surface area contributed by atoms with Gasteiger partial charge in [0.25, 0.3) is 0 Å². The number of nitrogens with one attached hydrogen (secondary N) is 1. The summed E-state index contributed by atoms with van der Waals surface area (Å²) in [5.74, 6) is 0.761. The maximum absolute atomic E-state index is 9.15. The van der Waals surface area contributed by atoms with Crippen molar-refractivity contribution in [2.24, 2.45) is 0 Å². The average Bonchev–Trinajstić information content (AvgIpc) is 2.93. The summed E-state index contributed by atoms with van der Waals surface area (Å²) in [7, 11) is 0. The van der Waals surface area contributed by atoms with Gasteiger partial charge in [0, 0.05) is 18.0 Å². The van der Waals surface area contributed by atoms with E-state index in [1.807, 2.05) is 37.3 Å². The van der Waals surface area contributed by atoms with Gasteiger partial charge in [0.2, 0.25) is 0 Å². The van der Waals surface area contributed by atoms with E-state index < -0.39 is 0 Å². The van der Waals surface area contributed by atoms with E-state index in [0.717, 1.165) is 34.4 Å². The number of hydrogen-bond acceptors (Lipinski definition) is 3. The first-order chi connectivity index (χ1) is 9.81. The third-order valence-corrected chi connectivity index (χ3v) is 3.43. The number of benzene rings is 1. The Balaban J connectivity index is 2.06. The minimum atomic E-state index is -0.0629. The van der Waals surface area contributed by atoms with Crippen LogP contribution in [-0.2, 0) is 0 Å². The van der Waals surface area contributed by atoms with Crippen LogP contribution in [0.3, 0.4) is 0 Å². The Morgan fingerprint density at radius 3 is 2.75 bits per heavy atom. The van der Waals surface area contributed by atoms with E-state index in [9.17, 15) is 0 Å². The second-order valence-electron chi connectivity index (χ2n) is 4.69. The standard InChI is InChI=1S/C16H14N4/c1-2-11(10-17)13-3-4-14-15(9-13)20-16(19-14)12-5-7-18-8-6-12/h3-9,11H,2H2,1H3,(H,19,20). The third-order valence-electron chi connectivity index (χ3n) is 3.43. The molecule has 98 valence electrons. The highest BCUT2D eigenvalue weighted by Gasteiger charge is 2.11. The van der Waals surface area contributed by atoms with Crippen LogP contribution >= 0.6 is 0 Å². The van der Waals surface area contributed by atoms with E-state index >= 15 is 0 Å². The number of aromatic amines is 1. The molecule has 1 atom stereocenters. The molecule has 1 N–H and O–H groups in total. The monoisotopic (exact) mass is 262 g/mol. The molecule has 4 nitrogen and oxygen atoms in total. The quantitative estimate of drug-likeness (QED) is 0.783. The Kier molecular flexibility index (Phi) is 3.18. The molecule has 3 rings (SSSR count). The second kappa shape index (κ2) is 5.14. The van der Waals surface area contributed by atoms with Gasteiger partial charge in [0.1, 0.15) is 5.82 Å². The van der Waals surface area contributed by atoms with Crippen LogP contribution in [0.5, 0.6) is 0 Å². The van der Waals surface area contributed by atoms with Crippen LogP contribution in [0.25, 0.3) is 22.4 Å². The largest absolute Gasteiger partial charge is 0.338 e. The van der Waals surface area contributed by atoms with Crippen molar-refractivity contribution in [2.75, 3.05) is 0 Å². The molecular formula is C16H14N4. The Morgan fingerprint density at radius 1 is 1.25 bits per heavy atom. The van der Waals surface area contributed by atoms with Crippen molar-refractivity contribution in [3.63, 3.8) is 0 Å². The molecule has 2 heterocycles. The van der Waals surface area contributed by atoms with Crippen molar-refractivity contribution >= 4 is 11.0 Å². The summed E-state index contributed by atoms with van der Waals surface area (Å²) in [5, 5.41) is 9.15. The Hall–Kier alpha value is -2.67. The molecule has 1 unspecified atom stereocenters. The van der Waals surface area contributed by atoms with Crippen molar-refractivity contribution in [3.8, 4) is 17.5 Å². The van der Waals surface area contributed by atoms with Crippen molar-refractivity contribution < 1.29 is 0 Å². The molecule has 0 aliphatic rings. The molecule has 0 saturated heterocycles. The first-order valence-corrected chi connectivity index (χ1v) is 6.61. The predicted molar refractivity (Wildman–Crippen MR) is 78.0 cm³/mol. The van der Waals surface area contributed by atoms with Crippen LogP contribution in [0.1, 0.15) is 24.8 Å². The smallest absolute Gasteiger partial charge is 0.138 e. The maximum Gasteiger partial charge on any atom is 0.138 e. The zero-order valence-corrected chi connectivity index (χ0v) is 11.2. The molecule has 0 bridgehead atoms. The minimum Gasteiger partial charge on any atom is -0.338 e. The van der Waals surface area contributed by atoms with Gasteiger partial charge in [0.15, 0.2) is 0 Å². The van der Waals surface area contributed by atoms with Gasteiger partial charge in [-0.3, -0.25) is 4.98 Å². The van der Waals surface area contributed by atoms with Crippen molar-refractivity contribution in [1.29, 1.82) is 5.26 Å². The van der Waals surface area contributed by atoms with Gasteiger partial charge in [-0.1, -0.05) is 13.0 Å². The molecule has 0 aliphatic heterocycles. The number of H-pyrrole nitrogens is 1. The lowest BCUT2D eigenvalue weighted by atomic mass is 9.98. The highest BCUT2D eigenvalue weighted by Crippen LogP contribution is 2.25. The summed E-state index contributed by atoms with van der Waals surface area (Å²) in [4.78, 5) is 11.9. The molecule has 3 aromatic rings. The van der Waals surface area contributed by atoms with Crippen LogP contribution in [0.15, 0.2) is 42.7 Å². The number of nitrogens with zero attached hydrogens (tertiary/aromatic N) is 3. The van der Waals surface area contributed by atoms with Crippen molar-refractivity contribution in [3.05, 3.63) is 48.3 Å². The fraction of sp³-hybridized carbons (Fsp3) is 0.188. The highest BCUT2D eigenvalue weighted by molar-refractivity contribution is 5.80.